The maximum Gasteiger partial charge on any atom is -0.0106 e. The molecule has 0 heteroatoms. The smallest absolute Gasteiger partial charge is 0.0106 e. The van der Waals surface area contributed by atoms with E-state index in [-0.39, 0.29) is 0 Å². The van der Waals surface area contributed by atoms with E-state index < -0.39 is 0 Å². The largest absolute Gasteiger partial charge is 0.103 e. The summed E-state index contributed by atoms with van der Waals surface area (Å²) >= 11 is 0. The molecule has 0 aromatic heterocycles. The molecule has 1 aromatic carbocycles. The van der Waals surface area contributed by atoms with Crippen LogP contribution in [-0.4, -0.2) is 0 Å². The van der Waals surface area contributed by atoms with E-state index in [2.05, 4.69) is 57.8 Å². The van der Waals surface area contributed by atoms with E-state index in [1.165, 1.54) is 11.1 Å². The zero-order chi connectivity index (χ0) is 15.1. The van der Waals surface area contributed by atoms with Gasteiger partial charge in [0.1, 0.15) is 0 Å². The first kappa shape index (κ1) is 19.5. The Morgan fingerprint density at radius 2 is 1.42 bits per heavy atom. The SMILES string of the molecule is C=C/C=C\C(=C)CC=C.CC.Cc1ccc(C)cc1. The minimum absolute atomic E-state index is 0.852. The first-order valence-electron chi connectivity index (χ1n) is 6.71. The van der Waals surface area contributed by atoms with Gasteiger partial charge in [-0.2, -0.15) is 0 Å². The summed E-state index contributed by atoms with van der Waals surface area (Å²) in [5, 5.41) is 0. The third-order valence-corrected chi connectivity index (χ3v) is 2.09. The molecule has 0 saturated heterocycles. The molecule has 0 bridgehead atoms. The number of hydrogen-bond acceptors (Lipinski definition) is 0. The van der Waals surface area contributed by atoms with Crippen molar-refractivity contribution in [1.82, 2.24) is 0 Å². The van der Waals surface area contributed by atoms with Crippen LogP contribution in [0.4, 0.5) is 0 Å². The summed E-state index contributed by atoms with van der Waals surface area (Å²) in [6.07, 6.45) is 8.20. The van der Waals surface area contributed by atoms with Crippen molar-refractivity contribution in [3.05, 3.63) is 85.0 Å². The molecule has 0 atom stereocenters. The van der Waals surface area contributed by atoms with Crippen LogP contribution in [-0.2, 0) is 0 Å². The molecule has 0 aliphatic rings. The lowest BCUT2D eigenvalue weighted by Crippen LogP contribution is -1.70. The van der Waals surface area contributed by atoms with Crippen LogP contribution in [0.2, 0.25) is 0 Å². The zero-order valence-electron chi connectivity index (χ0n) is 12.9. The van der Waals surface area contributed by atoms with E-state index in [4.69, 9.17) is 0 Å². The van der Waals surface area contributed by atoms with Gasteiger partial charge in [0.25, 0.3) is 0 Å². The van der Waals surface area contributed by atoms with E-state index >= 15 is 0 Å². The van der Waals surface area contributed by atoms with Gasteiger partial charge in [0.15, 0.2) is 0 Å². The Morgan fingerprint density at radius 3 is 1.74 bits per heavy atom. The molecule has 0 spiro atoms. The van der Waals surface area contributed by atoms with E-state index in [1.54, 1.807) is 6.08 Å². The van der Waals surface area contributed by atoms with Crippen molar-refractivity contribution in [2.45, 2.75) is 34.1 Å². The van der Waals surface area contributed by atoms with Gasteiger partial charge in [0, 0.05) is 0 Å². The number of benzene rings is 1. The van der Waals surface area contributed by atoms with Crippen molar-refractivity contribution < 1.29 is 0 Å². The zero-order valence-corrected chi connectivity index (χ0v) is 12.9. The Labute approximate surface area is 119 Å². The van der Waals surface area contributed by atoms with Gasteiger partial charge in [-0.25, -0.2) is 0 Å². The van der Waals surface area contributed by atoms with Crippen LogP contribution in [0.5, 0.6) is 0 Å². The van der Waals surface area contributed by atoms with Crippen LogP contribution >= 0.6 is 0 Å². The summed E-state index contributed by atoms with van der Waals surface area (Å²) in [6.45, 7) is 19.1. The lowest BCUT2D eigenvalue weighted by atomic mass is 10.2. The fourth-order valence-electron chi connectivity index (χ4n) is 1.09. The summed E-state index contributed by atoms with van der Waals surface area (Å²) in [5.41, 5.74) is 3.72. The van der Waals surface area contributed by atoms with Crippen LogP contribution in [0.15, 0.2) is 73.9 Å². The Bertz CT molecular complexity index is 356. The van der Waals surface area contributed by atoms with Gasteiger partial charge in [-0.3, -0.25) is 0 Å². The second-order valence-corrected chi connectivity index (χ2v) is 3.90. The summed E-state index contributed by atoms with van der Waals surface area (Å²) in [4.78, 5) is 0. The van der Waals surface area contributed by atoms with Crippen LogP contribution < -0.4 is 0 Å². The van der Waals surface area contributed by atoms with Crippen molar-refractivity contribution in [3.63, 3.8) is 0 Å². The van der Waals surface area contributed by atoms with Crippen LogP contribution in [0.3, 0.4) is 0 Å². The Morgan fingerprint density at radius 1 is 1.00 bits per heavy atom. The molecule has 1 aromatic rings. The molecule has 1 rings (SSSR count). The van der Waals surface area contributed by atoms with Gasteiger partial charge in [-0.05, 0) is 20.3 Å². The van der Waals surface area contributed by atoms with Gasteiger partial charge >= 0.3 is 0 Å². The first-order valence-corrected chi connectivity index (χ1v) is 6.71. The van der Waals surface area contributed by atoms with Crippen molar-refractivity contribution >= 4 is 0 Å². The average molecular weight is 256 g/mol. The molecule has 0 fully saturated rings. The highest BCUT2D eigenvalue weighted by molar-refractivity contribution is 5.20. The maximum absolute atomic E-state index is 3.78. The van der Waals surface area contributed by atoms with Gasteiger partial charge in [-0.1, -0.05) is 92.3 Å². The summed E-state index contributed by atoms with van der Waals surface area (Å²) in [7, 11) is 0. The molecule has 0 aliphatic heterocycles. The molecule has 0 heterocycles. The summed E-state index contributed by atoms with van der Waals surface area (Å²) < 4.78 is 0. The molecule has 0 unspecified atom stereocenters. The van der Waals surface area contributed by atoms with Crippen molar-refractivity contribution in [1.29, 1.82) is 0 Å². The first-order chi connectivity index (χ1) is 9.10. The summed E-state index contributed by atoms with van der Waals surface area (Å²) in [6, 6.07) is 8.48. The van der Waals surface area contributed by atoms with Gasteiger partial charge < -0.3 is 0 Å². The lowest BCUT2D eigenvalue weighted by Gasteiger charge is -1.90. The van der Waals surface area contributed by atoms with Crippen LogP contribution in [0, 0.1) is 13.8 Å². The number of allylic oxidation sites excluding steroid dienone is 5. The Balaban J connectivity index is 0. The fourth-order valence-corrected chi connectivity index (χ4v) is 1.09. The molecule has 0 radical (unpaired) electrons. The highest BCUT2D eigenvalue weighted by Crippen LogP contribution is 1.99. The van der Waals surface area contributed by atoms with Gasteiger partial charge in [0.05, 0.1) is 0 Å². The third-order valence-electron chi connectivity index (χ3n) is 2.09. The molecular weight excluding hydrogens is 228 g/mol. The quantitative estimate of drug-likeness (QED) is 0.445. The Hall–Kier alpha value is -1.82. The molecule has 0 nitrogen and oxygen atoms in total. The number of rotatable bonds is 4. The minimum Gasteiger partial charge on any atom is -0.103 e. The lowest BCUT2D eigenvalue weighted by molar-refractivity contribution is 1.31. The van der Waals surface area contributed by atoms with Crippen LogP contribution in [0.25, 0.3) is 0 Å². The molecular formula is C19H28. The molecule has 0 amide bonds. The van der Waals surface area contributed by atoms with Gasteiger partial charge in [-0.15, -0.1) is 6.58 Å². The number of aryl methyl sites for hydroxylation is 2. The minimum atomic E-state index is 0.852. The Kier molecular flexibility index (Phi) is 14.6. The van der Waals surface area contributed by atoms with E-state index in [0.717, 1.165) is 12.0 Å². The van der Waals surface area contributed by atoms with E-state index in [9.17, 15) is 0 Å². The standard InChI is InChI=1S/C9H12.C8H10.C2H6/c1-4-6-8-9(3)7-5-2;1-7-3-5-8(2)6-4-7;1-2/h4-6,8H,1-3,7H2;3-6H,1-2H3;1-2H3/b8-6-;;. The van der Waals surface area contributed by atoms with Gasteiger partial charge in [0.2, 0.25) is 0 Å². The highest BCUT2D eigenvalue weighted by Gasteiger charge is 1.80. The molecule has 0 N–H and O–H groups in total. The van der Waals surface area contributed by atoms with Crippen LogP contribution in [0.1, 0.15) is 31.4 Å². The molecule has 104 valence electrons. The van der Waals surface area contributed by atoms with Crippen molar-refractivity contribution in [2.75, 3.05) is 0 Å². The molecule has 0 aliphatic carbocycles. The van der Waals surface area contributed by atoms with E-state index in [0.29, 0.717) is 0 Å². The normalized spacial score (nSPS) is 8.63. The topological polar surface area (TPSA) is 0 Å². The third kappa shape index (κ3) is 14.1. The second kappa shape index (κ2) is 14.2. The molecule has 0 saturated carbocycles. The van der Waals surface area contributed by atoms with Crippen molar-refractivity contribution in [3.8, 4) is 0 Å². The monoisotopic (exact) mass is 256 g/mol. The molecule has 19 heavy (non-hydrogen) atoms. The predicted molar refractivity (Wildman–Crippen MR) is 90.6 cm³/mol. The summed E-state index contributed by atoms with van der Waals surface area (Å²) in [5.74, 6) is 0. The second-order valence-electron chi connectivity index (χ2n) is 3.90. The van der Waals surface area contributed by atoms with Crippen molar-refractivity contribution in [2.24, 2.45) is 0 Å². The van der Waals surface area contributed by atoms with E-state index in [1.807, 2.05) is 32.1 Å². The maximum atomic E-state index is 3.78. The average Bonchev–Trinajstić information content (AvgIpc) is 2.43. The number of hydrogen-bond donors (Lipinski definition) is 0. The predicted octanol–water partition coefficient (Wildman–Crippen LogP) is 6.19. The highest BCUT2D eigenvalue weighted by atomic mass is 13.9. The fraction of sp³-hybridized carbons (Fsp3) is 0.263.